The fourth-order valence-corrected chi connectivity index (χ4v) is 3.00. The third-order valence-corrected chi connectivity index (χ3v) is 4.86. The number of carbonyl (C=O) groups is 1. The van der Waals surface area contributed by atoms with Crippen LogP contribution in [0.2, 0.25) is 5.02 Å². The van der Waals surface area contributed by atoms with Gasteiger partial charge >= 0.3 is 0 Å². The van der Waals surface area contributed by atoms with Gasteiger partial charge in [-0.05, 0) is 50.3 Å². The molecule has 1 amide bonds. The number of nitrogens with one attached hydrogen (secondary N) is 1. The number of amides is 1. The fraction of sp³-hybridized carbons (Fsp3) is 0.333. The van der Waals surface area contributed by atoms with Gasteiger partial charge in [-0.3, -0.25) is 9.48 Å². The second-order valence-electron chi connectivity index (χ2n) is 6.50. The predicted molar refractivity (Wildman–Crippen MR) is 93.6 cm³/mol. The van der Waals surface area contributed by atoms with Gasteiger partial charge in [-0.25, -0.2) is 0 Å². The van der Waals surface area contributed by atoms with E-state index in [0.29, 0.717) is 22.1 Å². The van der Waals surface area contributed by atoms with Gasteiger partial charge in [0.05, 0.1) is 11.9 Å². The molecule has 0 aliphatic heterocycles. The Morgan fingerprint density at radius 2 is 2.21 bits per heavy atom. The molecule has 124 valence electrons. The van der Waals surface area contributed by atoms with Crippen molar-refractivity contribution in [3.63, 3.8) is 0 Å². The lowest BCUT2D eigenvalue weighted by Gasteiger charge is -2.00. The minimum atomic E-state index is -0.275. The fourth-order valence-electron chi connectivity index (χ4n) is 2.84. The van der Waals surface area contributed by atoms with Crippen LogP contribution in [0.25, 0.3) is 11.0 Å². The van der Waals surface area contributed by atoms with Crippen molar-refractivity contribution >= 4 is 34.2 Å². The number of anilines is 1. The molecule has 0 radical (unpaired) electrons. The van der Waals surface area contributed by atoms with Crippen LogP contribution in [0.4, 0.5) is 5.69 Å². The summed E-state index contributed by atoms with van der Waals surface area (Å²) in [6.45, 7) is 4.69. The van der Waals surface area contributed by atoms with Gasteiger partial charge in [0.25, 0.3) is 5.91 Å². The Bertz CT molecular complexity index is 937. The van der Waals surface area contributed by atoms with Crippen LogP contribution in [0.5, 0.6) is 0 Å². The van der Waals surface area contributed by atoms with E-state index in [1.165, 1.54) is 12.8 Å². The first-order chi connectivity index (χ1) is 11.5. The molecule has 2 heterocycles. The van der Waals surface area contributed by atoms with Crippen molar-refractivity contribution in [3.05, 3.63) is 46.4 Å². The summed E-state index contributed by atoms with van der Waals surface area (Å²) in [6.07, 6.45) is 6.05. The molecule has 0 atom stereocenters. The zero-order valence-corrected chi connectivity index (χ0v) is 14.4. The Balaban J connectivity index is 1.58. The number of aryl methyl sites for hydroxylation is 2. The molecule has 0 bridgehead atoms. The monoisotopic (exact) mass is 343 g/mol. The van der Waals surface area contributed by atoms with Crippen LogP contribution in [0.15, 0.2) is 28.9 Å². The van der Waals surface area contributed by atoms with Crippen molar-refractivity contribution in [2.45, 2.75) is 33.2 Å². The average Bonchev–Trinajstić information content (AvgIpc) is 3.16. The summed E-state index contributed by atoms with van der Waals surface area (Å²) in [5.74, 6) is 0.768. The first kappa shape index (κ1) is 15.3. The summed E-state index contributed by atoms with van der Waals surface area (Å²) in [6, 6.07) is 3.70. The molecule has 4 rings (SSSR count). The van der Waals surface area contributed by atoms with Crippen LogP contribution >= 0.6 is 11.6 Å². The Morgan fingerprint density at radius 1 is 1.42 bits per heavy atom. The highest BCUT2D eigenvalue weighted by molar-refractivity contribution is 6.32. The predicted octanol–water partition coefficient (Wildman–Crippen LogP) is 4.56. The molecule has 1 fully saturated rings. The minimum Gasteiger partial charge on any atom is -0.451 e. The van der Waals surface area contributed by atoms with Crippen molar-refractivity contribution in [3.8, 4) is 0 Å². The summed E-state index contributed by atoms with van der Waals surface area (Å²) >= 11 is 6.17. The van der Waals surface area contributed by atoms with Gasteiger partial charge in [-0.15, -0.1) is 0 Å². The number of halogens is 1. The molecular weight excluding hydrogens is 326 g/mol. The highest BCUT2D eigenvalue weighted by Gasteiger charge is 2.23. The number of carbonyl (C=O) groups excluding carboxylic acids is 1. The lowest BCUT2D eigenvalue weighted by Crippen LogP contribution is -2.11. The van der Waals surface area contributed by atoms with Gasteiger partial charge in [0.2, 0.25) is 0 Å². The Labute approximate surface area is 144 Å². The van der Waals surface area contributed by atoms with Crippen LogP contribution in [0, 0.1) is 19.8 Å². The number of aromatic nitrogens is 2. The average molecular weight is 344 g/mol. The zero-order valence-electron chi connectivity index (χ0n) is 13.6. The van der Waals surface area contributed by atoms with Gasteiger partial charge in [-0.1, -0.05) is 11.6 Å². The van der Waals surface area contributed by atoms with E-state index in [0.717, 1.165) is 29.0 Å². The maximum absolute atomic E-state index is 12.5. The number of fused-ring (bicyclic) bond motifs is 1. The standard InChI is InChI=1S/C18H18ClN3O2/c1-10-5-16-14(6-15(10)19)11(2)17(24-16)18(23)21-13-7-20-22(9-13)8-12-3-4-12/h5-7,9,12H,3-4,8H2,1-2H3,(H,21,23). The van der Waals surface area contributed by atoms with Gasteiger partial charge in [0.1, 0.15) is 5.58 Å². The second kappa shape index (κ2) is 5.67. The minimum absolute atomic E-state index is 0.275. The van der Waals surface area contributed by atoms with Crippen LogP contribution in [-0.4, -0.2) is 15.7 Å². The van der Waals surface area contributed by atoms with Crippen LogP contribution in [0.3, 0.4) is 0 Å². The van der Waals surface area contributed by atoms with E-state index in [1.807, 2.05) is 36.9 Å². The summed E-state index contributed by atoms with van der Waals surface area (Å²) < 4.78 is 7.63. The first-order valence-corrected chi connectivity index (χ1v) is 8.42. The van der Waals surface area contributed by atoms with Crippen LogP contribution < -0.4 is 5.32 Å². The topological polar surface area (TPSA) is 60.1 Å². The number of hydrogen-bond acceptors (Lipinski definition) is 3. The third kappa shape index (κ3) is 2.80. The maximum Gasteiger partial charge on any atom is 0.291 e. The first-order valence-electron chi connectivity index (χ1n) is 8.04. The summed E-state index contributed by atoms with van der Waals surface area (Å²) in [7, 11) is 0. The molecule has 1 aliphatic carbocycles. The molecule has 0 unspecified atom stereocenters. The molecule has 1 saturated carbocycles. The number of hydrogen-bond donors (Lipinski definition) is 1. The molecule has 0 spiro atoms. The molecule has 5 nitrogen and oxygen atoms in total. The molecule has 1 aromatic carbocycles. The molecular formula is C18H18ClN3O2. The van der Waals surface area contributed by atoms with Gasteiger partial charge in [-0.2, -0.15) is 5.10 Å². The Hall–Kier alpha value is -2.27. The van der Waals surface area contributed by atoms with Gasteiger partial charge in [0, 0.05) is 28.7 Å². The van der Waals surface area contributed by atoms with E-state index >= 15 is 0 Å². The highest BCUT2D eigenvalue weighted by atomic mass is 35.5. The Morgan fingerprint density at radius 3 is 2.96 bits per heavy atom. The number of rotatable bonds is 4. The van der Waals surface area contributed by atoms with E-state index in [1.54, 1.807) is 6.20 Å². The van der Waals surface area contributed by atoms with Gasteiger partial charge < -0.3 is 9.73 Å². The Kier molecular flexibility index (Phi) is 3.61. The van der Waals surface area contributed by atoms with E-state index in [-0.39, 0.29) is 5.91 Å². The number of furan rings is 1. The second-order valence-corrected chi connectivity index (χ2v) is 6.91. The van der Waals surface area contributed by atoms with Crippen LogP contribution in [-0.2, 0) is 6.54 Å². The molecule has 0 saturated heterocycles. The molecule has 2 aromatic heterocycles. The van der Waals surface area contributed by atoms with E-state index in [2.05, 4.69) is 10.4 Å². The summed E-state index contributed by atoms with van der Waals surface area (Å²) in [5.41, 5.74) is 3.06. The summed E-state index contributed by atoms with van der Waals surface area (Å²) in [4.78, 5) is 12.5. The van der Waals surface area contributed by atoms with Crippen LogP contribution in [0.1, 0.15) is 34.5 Å². The third-order valence-electron chi connectivity index (χ3n) is 4.46. The van der Waals surface area contributed by atoms with Crippen molar-refractivity contribution < 1.29 is 9.21 Å². The largest absolute Gasteiger partial charge is 0.451 e. The highest BCUT2D eigenvalue weighted by Crippen LogP contribution is 2.31. The van der Waals surface area contributed by atoms with E-state index < -0.39 is 0 Å². The quantitative estimate of drug-likeness (QED) is 0.755. The van der Waals surface area contributed by atoms with E-state index in [9.17, 15) is 4.79 Å². The maximum atomic E-state index is 12.5. The smallest absolute Gasteiger partial charge is 0.291 e. The van der Waals surface area contributed by atoms with Gasteiger partial charge in [0.15, 0.2) is 5.76 Å². The lowest BCUT2D eigenvalue weighted by molar-refractivity contribution is 0.0998. The van der Waals surface area contributed by atoms with Crippen molar-refractivity contribution in [1.29, 1.82) is 0 Å². The SMILES string of the molecule is Cc1cc2oc(C(=O)Nc3cnn(CC4CC4)c3)c(C)c2cc1Cl. The lowest BCUT2D eigenvalue weighted by atomic mass is 10.1. The normalized spacial score (nSPS) is 14.3. The number of benzene rings is 1. The van der Waals surface area contributed by atoms with Crippen molar-refractivity contribution in [2.24, 2.45) is 5.92 Å². The summed E-state index contributed by atoms with van der Waals surface area (Å²) in [5, 5.41) is 8.67. The molecule has 3 aromatic rings. The van der Waals surface area contributed by atoms with Crippen molar-refractivity contribution in [1.82, 2.24) is 9.78 Å². The zero-order chi connectivity index (χ0) is 16.8. The molecule has 1 N–H and O–H groups in total. The molecule has 24 heavy (non-hydrogen) atoms. The van der Waals surface area contributed by atoms with Crippen molar-refractivity contribution in [2.75, 3.05) is 5.32 Å². The number of nitrogens with zero attached hydrogens (tertiary/aromatic N) is 2. The molecule has 1 aliphatic rings. The van der Waals surface area contributed by atoms with E-state index in [4.69, 9.17) is 16.0 Å². The molecule has 6 heteroatoms.